The normalized spacial score (nSPS) is 16.2. The number of hydrogen-bond acceptors (Lipinski definition) is 3. The molecule has 2 rings (SSSR count). The monoisotopic (exact) mass is 267 g/mol. The van der Waals surface area contributed by atoms with Gasteiger partial charge in [0.15, 0.2) is 11.5 Å². The van der Waals surface area contributed by atoms with Crippen molar-refractivity contribution in [3.8, 4) is 11.5 Å². The number of benzene rings is 1. The molecule has 19 heavy (non-hydrogen) atoms. The number of ether oxygens (including phenoxy) is 2. The van der Waals surface area contributed by atoms with Crippen molar-refractivity contribution in [3.05, 3.63) is 42.5 Å². The summed E-state index contributed by atoms with van der Waals surface area (Å²) >= 11 is 0. The maximum atomic E-state index is 12.8. The second-order valence-corrected chi connectivity index (χ2v) is 3.70. The molecule has 0 radical (unpaired) electrons. The number of carbonyl (C=O) groups is 1. The Balaban J connectivity index is 2.06. The lowest BCUT2D eigenvalue weighted by molar-refractivity contribution is -0.286. The minimum atomic E-state index is -3.66. The quantitative estimate of drug-likeness (QED) is 0.676. The molecule has 1 heterocycles. The van der Waals surface area contributed by atoms with E-state index in [1.165, 1.54) is 24.3 Å². The van der Waals surface area contributed by atoms with E-state index in [4.69, 9.17) is 0 Å². The molecule has 1 N–H and O–H groups in total. The summed E-state index contributed by atoms with van der Waals surface area (Å²) in [6, 6.07) is 4.03. The van der Waals surface area contributed by atoms with E-state index in [1.54, 1.807) is 18.2 Å². The zero-order valence-electron chi connectivity index (χ0n) is 10.0. The Morgan fingerprint density at radius 3 is 2.74 bits per heavy atom. The number of anilines is 1. The van der Waals surface area contributed by atoms with E-state index in [-0.39, 0.29) is 17.4 Å². The molecule has 0 fully saturated rings. The number of nitrogens with one attached hydrogen (secondary N) is 1. The first kappa shape index (κ1) is 13.1. The summed E-state index contributed by atoms with van der Waals surface area (Å²) in [6.07, 6.45) is 2.69. The van der Waals surface area contributed by atoms with Crippen molar-refractivity contribution in [2.75, 3.05) is 5.32 Å². The lowest BCUT2D eigenvalue weighted by Crippen LogP contribution is -2.25. The van der Waals surface area contributed by atoms with Gasteiger partial charge in [0.05, 0.1) is 0 Å². The van der Waals surface area contributed by atoms with Crippen LogP contribution in [-0.2, 0) is 4.79 Å². The Bertz CT molecular complexity index is 553. The molecule has 1 amide bonds. The number of rotatable bonds is 3. The van der Waals surface area contributed by atoms with E-state index in [1.807, 2.05) is 6.92 Å². The second-order valence-electron chi connectivity index (χ2n) is 3.70. The van der Waals surface area contributed by atoms with Crippen LogP contribution in [-0.4, -0.2) is 12.2 Å². The standard InChI is InChI=1S/C13H11F2NO3/c1-2-3-4-5-12(17)16-9-6-7-10-11(8-9)19-13(14,15)18-10/h2-8H,1H3,(H,16,17)/b3-2+,5-4+. The Morgan fingerprint density at radius 2 is 2.00 bits per heavy atom. The molecule has 6 heteroatoms. The van der Waals surface area contributed by atoms with E-state index in [0.29, 0.717) is 5.69 Å². The highest BCUT2D eigenvalue weighted by Gasteiger charge is 2.43. The average molecular weight is 267 g/mol. The summed E-state index contributed by atoms with van der Waals surface area (Å²) in [4.78, 5) is 11.5. The van der Waals surface area contributed by atoms with E-state index in [2.05, 4.69) is 14.8 Å². The number of hydrogen-bond donors (Lipinski definition) is 1. The number of amides is 1. The van der Waals surface area contributed by atoms with Crippen LogP contribution in [0, 0.1) is 0 Å². The van der Waals surface area contributed by atoms with E-state index in [0.717, 1.165) is 0 Å². The predicted octanol–water partition coefficient (Wildman–Crippen LogP) is 3.08. The first-order valence-electron chi connectivity index (χ1n) is 5.50. The SMILES string of the molecule is C/C=C/C=C/C(=O)Nc1ccc2c(c1)OC(F)(F)O2. The first-order valence-corrected chi connectivity index (χ1v) is 5.50. The third-order valence-corrected chi connectivity index (χ3v) is 2.22. The molecule has 0 atom stereocenters. The predicted molar refractivity (Wildman–Crippen MR) is 65.2 cm³/mol. The average Bonchev–Trinajstić information content (AvgIpc) is 2.62. The molecule has 100 valence electrons. The molecule has 0 saturated carbocycles. The Labute approximate surface area is 108 Å². The molecule has 0 spiro atoms. The highest BCUT2D eigenvalue weighted by atomic mass is 19.3. The van der Waals surface area contributed by atoms with Gasteiger partial charge in [-0.05, 0) is 19.1 Å². The van der Waals surface area contributed by atoms with Crippen molar-refractivity contribution < 1.29 is 23.0 Å². The van der Waals surface area contributed by atoms with Crippen molar-refractivity contribution in [2.24, 2.45) is 0 Å². The summed E-state index contributed by atoms with van der Waals surface area (Å²) < 4.78 is 34.1. The molecule has 4 nitrogen and oxygen atoms in total. The van der Waals surface area contributed by atoms with Gasteiger partial charge in [-0.3, -0.25) is 4.79 Å². The Morgan fingerprint density at radius 1 is 1.26 bits per heavy atom. The van der Waals surface area contributed by atoms with Crippen LogP contribution in [0.4, 0.5) is 14.5 Å². The molecule has 1 aliphatic heterocycles. The number of halogens is 2. The maximum Gasteiger partial charge on any atom is 0.586 e. The third kappa shape index (κ3) is 3.31. The van der Waals surface area contributed by atoms with Crippen LogP contribution in [0.25, 0.3) is 0 Å². The smallest absolute Gasteiger partial charge is 0.395 e. The van der Waals surface area contributed by atoms with Gasteiger partial charge in [-0.1, -0.05) is 18.2 Å². The molecule has 1 aromatic carbocycles. The van der Waals surface area contributed by atoms with Crippen LogP contribution >= 0.6 is 0 Å². The lowest BCUT2D eigenvalue weighted by atomic mass is 10.2. The summed E-state index contributed by atoms with van der Waals surface area (Å²) in [5.41, 5.74) is 0.343. The van der Waals surface area contributed by atoms with Crippen LogP contribution in [0.1, 0.15) is 6.92 Å². The van der Waals surface area contributed by atoms with E-state index < -0.39 is 6.29 Å². The number of carbonyl (C=O) groups excluding carboxylic acids is 1. The molecular formula is C13H11F2NO3. The topological polar surface area (TPSA) is 47.6 Å². The number of allylic oxidation sites excluding steroid dienone is 3. The van der Waals surface area contributed by atoms with Crippen molar-refractivity contribution in [1.29, 1.82) is 0 Å². The van der Waals surface area contributed by atoms with Crippen molar-refractivity contribution in [2.45, 2.75) is 13.2 Å². The van der Waals surface area contributed by atoms with Crippen molar-refractivity contribution in [3.63, 3.8) is 0 Å². The summed E-state index contributed by atoms with van der Waals surface area (Å²) in [7, 11) is 0. The van der Waals surface area contributed by atoms with Gasteiger partial charge in [-0.15, -0.1) is 8.78 Å². The fraction of sp³-hybridized carbons (Fsp3) is 0.154. The van der Waals surface area contributed by atoms with Gasteiger partial charge < -0.3 is 14.8 Å². The summed E-state index contributed by atoms with van der Waals surface area (Å²) in [5.74, 6) is -0.545. The van der Waals surface area contributed by atoms with Gasteiger partial charge in [0.2, 0.25) is 5.91 Å². The molecule has 1 aromatic rings. The van der Waals surface area contributed by atoms with Crippen LogP contribution in [0.2, 0.25) is 0 Å². The minimum Gasteiger partial charge on any atom is -0.395 e. The highest BCUT2D eigenvalue weighted by Crippen LogP contribution is 2.42. The molecule has 0 bridgehead atoms. The Hall–Kier alpha value is -2.37. The number of alkyl halides is 2. The van der Waals surface area contributed by atoms with Gasteiger partial charge >= 0.3 is 6.29 Å². The highest BCUT2D eigenvalue weighted by molar-refractivity contribution is 5.99. The third-order valence-electron chi connectivity index (χ3n) is 2.22. The Kier molecular flexibility index (Phi) is 3.50. The molecule has 0 aromatic heterocycles. The largest absolute Gasteiger partial charge is 0.586 e. The zero-order chi connectivity index (χ0) is 13.9. The maximum absolute atomic E-state index is 12.8. The van der Waals surface area contributed by atoms with Crippen LogP contribution in [0.3, 0.4) is 0 Å². The number of fused-ring (bicyclic) bond motifs is 1. The lowest BCUT2D eigenvalue weighted by Gasteiger charge is -2.04. The van der Waals surface area contributed by atoms with Crippen LogP contribution < -0.4 is 14.8 Å². The fourth-order valence-electron chi connectivity index (χ4n) is 1.46. The van der Waals surface area contributed by atoms with Crippen LogP contribution in [0.5, 0.6) is 11.5 Å². The van der Waals surface area contributed by atoms with Gasteiger partial charge in [0.25, 0.3) is 0 Å². The van der Waals surface area contributed by atoms with Gasteiger partial charge in [-0.25, -0.2) is 0 Å². The second kappa shape index (κ2) is 5.09. The van der Waals surface area contributed by atoms with Crippen LogP contribution in [0.15, 0.2) is 42.5 Å². The fourth-order valence-corrected chi connectivity index (χ4v) is 1.46. The van der Waals surface area contributed by atoms with Gasteiger partial charge in [-0.2, -0.15) is 0 Å². The summed E-state index contributed by atoms with van der Waals surface area (Å²) in [6.45, 7) is 1.82. The first-order chi connectivity index (χ1) is 9.00. The van der Waals surface area contributed by atoms with E-state index in [9.17, 15) is 13.6 Å². The van der Waals surface area contributed by atoms with Gasteiger partial charge in [0, 0.05) is 17.8 Å². The van der Waals surface area contributed by atoms with Crippen molar-refractivity contribution >= 4 is 11.6 Å². The molecule has 1 aliphatic rings. The van der Waals surface area contributed by atoms with Gasteiger partial charge in [0.1, 0.15) is 0 Å². The van der Waals surface area contributed by atoms with E-state index >= 15 is 0 Å². The molecule has 0 aliphatic carbocycles. The molecule has 0 saturated heterocycles. The summed E-state index contributed by atoms with van der Waals surface area (Å²) in [5, 5.41) is 2.52. The zero-order valence-corrected chi connectivity index (χ0v) is 10.0. The molecule has 0 unspecified atom stereocenters. The minimum absolute atomic E-state index is 0.0625. The molecular weight excluding hydrogens is 256 g/mol. The van der Waals surface area contributed by atoms with Crippen molar-refractivity contribution in [1.82, 2.24) is 0 Å².